The van der Waals surface area contributed by atoms with E-state index in [-0.39, 0.29) is 12.5 Å². The Hall–Kier alpha value is -2.04. The van der Waals surface area contributed by atoms with Crippen LogP contribution in [0.4, 0.5) is 5.69 Å². The first-order valence-electron chi connectivity index (χ1n) is 7.88. The fourth-order valence-electron chi connectivity index (χ4n) is 2.84. The Morgan fingerprint density at radius 1 is 1.23 bits per heavy atom. The predicted octanol–water partition coefficient (Wildman–Crippen LogP) is 3.45. The molecule has 0 aromatic heterocycles. The number of carbonyl (C=O) groups excluding carboxylic acids is 1. The molecule has 0 heterocycles. The summed E-state index contributed by atoms with van der Waals surface area (Å²) >= 11 is 0. The van der Waals surface area contributed by atoms with Gasteiger partial charge in [0, 0.05) is 18.2 Å². The zero-order chi connectivity index (χ0) is 15.8. The van der Waals surface area contributed by atoms with Gasteiger partial charge < -0.3 is 15.2 Å². The van der Waals surface area contributed by atoms with E-state index < -0.39 is 5.97 Å². The summed E-state index contributed by atoms with van der Waals surface area (Å²) in [4.78, 5) is 22.5. The molecule has 1 aromatic rings. The molecule has 1 aliphatic rings. The van der Waals surface area contributed by atoms with Gasteiger partial charge in [-0.15, -0.1) is 0 Å². The van der Waals surface area contributed by atoms with E-state index in [1.807, 2.05) is 0 Å². The Balaban J connectivity index is 1.77. The maximum atomic E-state index is 12.0. The van der Waals surface area contributed by atoms with Crippen molar-refractivity contribution < 1.29 is 19.4 Å². The van der Waals surface area contributed by atoms with E-state index in [1.54, 1.807) is 24.3 Å². The summed E-state index contributed by atoms with van der Waals surface area (Å²) in [5.74, 6) is 0.0973. The summed E-state index contributed by atoms with van der Waals surface area (Å²) in [6.07, 6.45) is 7.86. The number of aliphatic carboxylic acids is 1. The van der Waals surface area contributed by atoms with Crippen LogP contribution in [0.2, 0.25) is 0 Å². The molecule has 0 aliphatic heterocycles. The lowest BCUT2D eigenvalue weighted by atomic mass is 9.86. The molecule has 0 saturated heterocycles. The van der Waals surface area contributed by atoms with Crippen LogP contribution in [0.25, 0.3) is 0 Å². The van der Waals surface area contributed by atoms with Crippen molar-refractivity contribution in [1.82, 2.24) is 0 Å². The lowest BCUT2D eigenvalue weighted by Crippen LogP contribution is -2.15. The van der Waals surface area contributed by atoms with Crippen LogP contribution in [0.1, 0.15) is 44.9 Å². The molecule has 5 heteroatoms. The Bertz CT molecular complexity index is 509. The van der Waals surface area contributed by atoms with Crippen LogP contribution in [0.5, 0.6) is 5.75 Å². The first kappa shape index (κ1) is 16.3. The van der Waals surface area contributed by atoms with Gasteiger partial charge >= 0.3 is 5.97 Å². The Kier molecular flexibility index (Phi) is 6.25. The number of anilines is 1. The van der Waals surface area contributed by atoms with E-state index in [1.165, 1.54) is 32.1 Å². The smallest absolute Gasteiger partial charge is 0.341 e. The first-order chi connectivity index (χ1) is 10.6. The van der Waals surface area contributed by atoms with Crippen LogP contribution in [0.3, 0.4) is 0 Å². The van der Waals surface area contributed by atoms with Crippen LogP contribution < -0.4 is 10.1 Å². The second kappa shape index (κ2) is 8.41. The third kappa shape index (κ3) is 5.76. The number of carbonyl (C=O) groups is 2. The molecule has 120 valence electrons. The van der Waals surface area contributed by atoms with Gasteiger partial charge in [0.25, 0.3) is 0 Å². The Morgan fingerprint density at radius 3 is 2.73 bits per heavy atom. The van der Waals surface area contributed by atoms with Crippen molar-refractivity contribution in [2.24, 2.45) is 5.92 Å². The van der Waals surface area contributed by atoms with Crippen molar-refractivity contribution in [2.45, 2.75) is 44.9 Å². The third-order valence-electron chi connectivity index (χ3n) is 3.98. The molecule has 2 rings (SSSR count). The fourth-order valence-corrected chi connectivity index (χ4v) is 2.84. The highest BCUT2D eigenvalue weighted by Crippen LogP contribution is 2.27. The summed E-state index contributed by atoms with van der Waals surface area (Å²) in [6.45, 7) is -0.390. The number of ether oxygens (including phenoxy) is 1. The SMILES string of the molecule is O=C(O)COc1cccc(NC(=O)CCC2CCCCC2)c1. The molecule has 0 bridgehead atoms. The molecule has 1 aromatic carbocycles. The van der Waals surface area contributed by atoms with E-state index in [0.717, 1.165) is 6.42 Å². The van der Waals surface area contributed by atoms with Crippen LogP contribution >= 0.6 is 0 Å². The molecule has 0 radical (unpaired) electrons. The monoisotopic (exact) mass is 305 g/mol. The van der Waals surface area contributed by atoms with Gasteiger partial charge in [0.1, 0.15) is 5.75 Å². The van der Waals surface area contributed by atoms with Crippen LogP contribution in [-0.2, 0) is 9.59 Å². The minimum atomic E-state index is -1.03. The van der Waals surface area contributed by atoms with Gasteiger partial charge in [0.2, 0.25) is 5.91 Å². The lowest BCUT2D eigenvalue weighted by Gasteiger charge is -2.21. The van der Waals surface area contributed by atoms with Crippen molar-refractivity contribution in [3.63, 3.8) is 0 Å². The second-order valence-electron chi connectivity index (χ2n) is 5.80. The molecule has 1 fully saturated rings. The number of amides is 1. The van der Waals surface area contributed by atoms with Crippen LogP contribution in [0.15, 0.2) is 24.3 Å². The second-order valence-corrected chi connectivity index (χ2v) is 5.80. The number of carboxylic acids is 1. The van der Waals surface area contributed by atoms with Crippen molar-refractivity contribution in [3.05, 3.63) is 24.3 Å². The topological polar surface area (TPSA) is 75.6 Å². The van der Waals surface area contributed by atoms with Gasteiger partial charge in [0.05, 0.1) is 0 Å². The molecule has 1 saturated carbocycles. The molecule has 2 N–H and O–H groups in total. The Labute approximate surface area is 130 Å². The first-order valence-corrected chi connectivity index (χ1v) is 7.88. The van der Waals surface area contributed by atoms with E-state index in [4.69, 9.17) is 9.84 Å². The number of nitrogens with one attached hydrogen (secondary N) is 1. The number of rotatable bonds is 7. The lowest BCUT2D eigenvalue weighted by molar-refractivity contribution is -0.139. The maximum Gasteiger partial charge on any atom is 0.341 e. The normalized spacial score (nSPS) is 15.3. The number of carboxylic acid groups (broad SMARTS) is 1. The molecule has 0 spiro atoms. The number of hydrogen-bond acceptors (Lipinski definition) is 3. The van der Waals surface area contributed by atoms with E-state index in [0.29, 0.717) is 23.8 Å². The quantitative estimate of drug-likeness (QED) is 0.809. The van der Waals surface area contributed by atoms with Gasteiger partial charge in [-0.1, -0.05) is 38.2 Å². The molecule has 5 nitrogen and oxygen atoms in total. The molecule has 0 unspecified atom stereocenters. The fraction of sp³-hybridized carbons (Fsp3) is 0.529. The average Bonchev–Trinajstić information content (AvgIpc) is 2.52. The zero-order valence-electron chi connectivity index (χ0n) is 12.7. The Morgan fingerprint density at radius 2 is 2.00 bits per heavy atom. The third-order valence-corrected chi connectivity index (χ3v) is 3.98. The van der Waals surface area contributed by atoms with Gasteiger partial charge in [-0.3, -0.25) is 4.79 Å². The predicted molar refractivity (Wildman–Crippen MR) is 84.0 cm³/mol. The number of hydrogen-bond donors (Lipinski definition) is 2. The molecular formula is C17H23NO4. The van der Waals surface area contributed by atoms with Gasteiger partial charge in [-0.2, -0.15) is 0 Å². The van der Waals surface area contributed by atoms with E-state index in [2.05, 4.69) is 5.32 Å². The summed E-state index contributed by atoms with van der Waals surface area (Å²) in [6, 6.07) is 6.81. The molecule has 1 aliphatic carbocycles. The highest BCUT2D eigenvalue weighted by molar-refractivity contribution is 5.90. The standard InChI is InChI=1S/C17H23NO4/c19-16(10-9-13-5-2-1-3-6-13)18-14-7-4-8-15(11-14)22-12-17(20)21/h4,7-8,11,13H,1-3,5-6,9-10,12H2,(H,18,19)(H,20,21). The van der Waals surface area contributed by atoms with E-state index in [9.17, 15) is 9.59 Å². The minimum Gasteiger partial charge on any atom is -0.482 e. The molecule has 1 amide bonds. The summed E-state index contributed by atoms with van der Waals surface area (Å²) < 4.78 is 5.09. The summed E-state index contributed by atoms with van der Waals surface area (Å²) in [5, 5.41) is 11.4. The van der Waals surface area contributed by atoms with Gasteiger partial charge in [-0.05, 0) is 24.5 Å². The minimum absolute atomic E-state index is 0.000887. The van der Waals surface area contributed by atoms with Crippen LogP contribution in [0, 0.1) is 5.92 Å². The molecule has 22 heavy (non-hydrogen) atoms. The van der Waals surface area contributed by atoms with Crippen molar-refractivity contribution >= 4 is 17.6 Å². The van der Waals surface area contributed by atoms with Gasteiger partial charge in [-0.25, -0.2) is 4.79 Å². The summed E-state index contributed by atoms with van der Waals surface area (Å²) in [7, 11) is 0. The highest BCUT2D eigenvalue weighted by atomic mass is 16.5. The molecule has 0 atom stereocenters. The largest absolute Gasteiger partial charge is 0.482 e. The molecular weight excluding hydrogens is 282 g/mol. The van der Waals surface area contributed by atoms with Crippen molar-refractivity contribution in [3.8, 4) is 5.75 Å². The number of benzene rings is 1. The van der Waals surface area contributed by atoms with Crippen molar-refractivity contribution in [2.75, 3.05) is 11.9 Å². The highest BCUT2D eigenvalue weighted by Gasteiger charge is 2.15. The zero-order valence-corrected chi connectivity index (χ0v) is 12.7. The van der Waals surface area contributed by atoms with E-state index >= 15 is 0 Å². The van der Waals surface area contributed by atoms with Crippen molar-refractivity contribution in [1.29, 1.82) is 0 Å². The van der Waals surface area contributed by atoms with Crippen LogP contribution in [-0.4, -0.2) is 23.6 Å². The summed E-state index contributed by atoms with van der Waals surface area (Å²) in [5.41, 5.74) is 0.636. The average molecular weight is 305 g/mol. The maximum absolute atomic E-state index is 12.0. The van der Waals surface area contributed by atoms with Gasteiger partial charge in [0.15, 0.2) is 6.61 Å².